The van der Waals surface area contributed by atoms with Gasteiger partial charge in [-0.2, -0.15) is 0 Å². The molecular weight excluding hydrogens is 480 g/mol. The van der Waals surface area contributed by atoms with Gasteiger partial charge in [-0.05, 0) is 54.4 Å². The first-order chi connectivity index (χ1) is 18.9. The van der Waals surface area contributed by atoms with Crippen LogP contribution in [0.15, 0.2) is 78.9 Å². The topological polar surface area (TPSA) is 49.4 Å². The summed E-state index contributed by atoms with van der Waals surface area (Å²) in [6, 6.07) is 26.6. The smallest absolute Gasteiger partial charge is 0.243 e. The van der Waals surface area contributed by atoms with Gasteiger partial charge in [0.1, 0.15) is 6.04 Å². The van der Waals surface area contributed by atoms with Crippen LogP contribution < -0.4 is 5.32 Å². The number of amides is 2. The fourth-order valence-electron chi connectivity index (χ4n) is 5.45. The van der Waals surface area contributed by atoms with Crippen LogP contribution in [0.2, 0.25) is 0 Å². The van der Waals surface area contributed by atoms with Crippen LogP contribution in [-0.2, 0) is 29.0 Å². The van der Waals surface area contributed by atoms with E-state index in [4.69, 9.17) is 0 Å². The number of nitrogens with zero attached hydrogens (tertiary/aromatic N) is 1. The molecule has 0 aromatic heterocycles. The molecule has 4 nitrogen and oxygen atoms in total. The number of nitrogens with one attached hydrogen (secondary N) is 1. The Bertz CT molecular complexity index is 1180. The molecule has 1 atom stereocenters. The second kappa shape index (κ2) is 14.1. The molecule has 206 valence electrons. The lowest BCUT2D eigenvalue weighted by Crippen LogP contribution is -2.52. The molecule has 39 heavy (non-hydrogen) atoms. The second-order valence-electron chi connectivity index (χ2n) is 11.5. The normalized spacial score (nSPS) is 14.7. The van der Waals surface area contributed by atoms with Crippen molar-refractivity contribution in [3.05, 3.63) is 107 Å². The van der Waals surface area contributed by atoms with Crippen LogP contribution in [0.4, 0.5) is 0 Å². The Morgan fingerprint density at radius 3 is 2.10 bits per heavy atom. The molecule has 0 radical (unpaired) electrons. The number of rotatable bonds is 11. The number of benzene rings is 3. The van der Waals surface area contributed by atoms with E-state index in [1.807, 2.05) is 35.2 Å². The van der Waals surface area contributed by atoms with Crippen molar-refractivity contribution in [1.82, 2.24) is 10.2 Å². The van der Waals surface area contributed by atoms with Crippen molar-refractivity contribution in [3.63, 3.8) is 0 Å². The zero-order valence-electron chi connectivity index (χ0n) is 23.9. The van der Waals surface area contributed by atoms with E-state index in [9.17, 15) is 9.59 Å². The maximum atomic E-state index is 13.9. The molecule has 0 saturated heterocycles. The Labute approximate surface area is 234 Å². The van der Waals surface area contributed by atoms with Crippen molar-refractivity contribution in [3.8, 4) is 0 Å². The summed E-state index contributed by atoms with van der Waals surface area (Å²) in [5.74, 6) is 0.461. The van der Waals surface area contributed by atoms with Crippen molar-refractivity contribution in [2.24, 2.45) is 0 Å². The van der Waals surface area contributed by atoms with Gasteiger partial charge in [0.05, 0.1) is 0 Å². The van der Waals surface area contributed by atoms with Crippen molar-refractivity contribution in [2.45, 2.75) is 96.7 Å². The molecule has 0 heterocycles. The summed E-state index contributed by atoms with van der Waals surface area (Å²) in [5.41, 5.74) is 5.73. The summed E-state index contributed by atoms with van der Waals surface area (Å²) in [5, 5.41) is 3.33. The largest absolute Gasteiger partial charge is 0.352 e. The molecule has 1 N–H and O–H groups in total. The zero-order chi connectivity index (χ0) is 27.6. The van der Waals surface area contributed by atoms with Gasteiger partial charge in [0.25, 0.3) is 0 Å². The SMILES string of the molecule is Cc1ccc(CN(C(=O)CCc2ccc(C(C)C)cc2)[C@H](Cc2ccccc2)C(=O)NC2CCCCC2)cc1. The summed E-state index contributed by atoms with van der Waals surface area (Å²) in [7, 11) is 0. The number of aryl methyl sites for hydroxylation is 2. The van der Waals surface area contributed by atoms with E-state index in [-0.39, 0.29) is 17.9 Å². The van der Waals surface area contributed by atoms with E-state index in [0.29, 0.717) is 31.7 Å². The lowest BCUT2D eigenvalue weighted by molar-refractivity contribution is -0.141. The first-order valence-corrected chi connectivity index (χ1v) is 14.7. The van der Waals surface area contributed by atoms with E-state index in [1.165, 1.54) is 17.5 Å². The average Bonchev–Trinajstić information content (AvgIpc) is 2.96. The highest BCUT2D eigenvalue weighted by Gasteiger charge is 2.31. The molecule has 4 rings (SSSR count). The number of carbonyl (C=O) groups is 2. The van der Waals surface area contributed by atoms with Crippen molar-refractivity contribution < 1.29 is 9.59 Å². The fraction of sp³-hybridized carbons (Fsp3) is 0.429. The van der Waals surface area contributed by atoms with Gasteiger partial charge in [0, 0.05) is 25.4 Å². The second-order valence-corrected chi connectivity index (χ2v) is 11.5. The molecule has 0 spiro atoms. The lowest BCUT2D eigenvalue weighted by atomic mass is 9.94. The zero-order valence-corrected chi connectivity index (χ0v) is 23.9. The fourth-order valence-corrected chi connectivity index (χ4v) is 5.45. The van der Waals surface area contributed by atoms with Gasteiger partial charge in [0.15, 0.2) is 0 Å². The maximum Gasteiger partial charge on any atom is 0.243 e. The highest BCUT2D eigenvalue weighted by Crippen LogP contribution is 2.21. The molecule has 0 bridgehead atoms. The molecule has 4 heteroatoms. The van der Waals surface area contributed by atoms with Crippen LogP contribution in [0, 0.1) is 6.92 Å². The summed E-state index contributed by atoms with van der Waals surface area (Å²) in [6.45, 7) is 6.85. The molecule has 1 fully saturated rings. The third kappa shape index (κ3) is 8.54. The highest BCUT2D eigenvalue weighted by atomic mass is 16.2. The van der Waals surface area contributed by atoms with Gasteiger partial charge >= 0.3 is 0 Å². The Morgan fingerprint density at radius 2 is 1.46 bits per heavy atom. The first kappa shape index (κ1) is 28.6. The predicted molar refractivity (Wildman–Crippen MR) is 160 cm³/mol. The monoisotopic (exact) mass is 524 g/mol. The van der Waals surface area contributed by atoms with Crippen molar-refractivity contribution in [1.29, 1.82) is 0 Å². The number of hydrogen-bond acceptors (Lipinski definition) is 2. The van der Waals surface area contributed by atoms with Crippen LogP contribution in [0.25, 0.3) is 0 Å². The van der Waals surface area contributed by atoms with E-state index >= 15 is 0 Å². The maximum absolute atomic E-state index is 13.9. The third-order valence-electron chi connectivity index (χ3n) is 7.97. The first-order valence-electron chi connectivity index (χ1n) is 14.7. The molecule has 0 unspecified atom stereocenters. The van der Waals surface area contributed by atoms with Gasteiger partial charge in [-0.25, -0.2) is 0 Å². The van der Waals surface area contributed by atoms with E-state index < -0.39 is 6.04 Å². The summed E-state index contributed by atoms with van der Waals surface area (Å²) in [4.78, 5) is 29.6. The Hall–Kier alpha value is -3.40. The quantitative estimate of drug-likeness (QED) is 0.290. The van der Waals surface area contributed by atoms with Gasteiger partial charge in [-0.1, -0.05) is 118 Å². The summed E-state index contributed by atoms with van der Waals surface area (Å²) < 4.78 is 0. The molecule has 1 aliphatic carbocycles. The molecule has 3 aromatic carbocycles. The van der Waals surface area contributed by atoms with Crippen LogP contribution in [0.1, 0.15) is 86.1 Å². The molecular formula is C35H44N2O2. The summed E-state index contributed by atoms with van der Waals surface area (Å²) in [6.07, 6.45) is 7.09. The van der Waals surface area contributed by atoms with Gasteiger partial charge in [0.2, 0.25) is 11.8 Å². The Morgan fingerprint density at radius 1 is 0.821 bits per heavy atom. The van der Waals surface area contributed by atoms with Crippen LogP contribution in [-0.4, -0.2) is 28.8 Å². The molecule has 1 saturated carbocycles. The van der Waals surface area contributed by atoms with E-state index in [2.05, 4.69) is 74.6 Å². The van der Waals surface area contributed by atoms with Gasteiger partial charge in [-0.15, -0.1) is 0 Å². The number of carbonyl (C=O) groups excluding carboxylic acids is 2. The molecule has 2 amide bonds. The van der Waals surface area contributed by atoms with Crippen molar-refractivity contribution in [2.75, 3.05) is 0 Å². The van der Waals surface area contributed by atoms with Gasteiger partial charge < -0.3 is 10.2 Å². The minimum absolute atomic E-state index is 0.0169. The molecule has 0 aliphatic heterocycles. The standard InChI is InChI=1S/C35H44N2O2/c1-26(2)31-21-18-28(19-22-31)20-23-34(38)37(25-30-16-14-27(3)15-17-30)33(24-29-10-6-4-7-11-29)35(39)36-32-12-8-5-9-13-32/h4,6-7,10-11,14-19,21-22,26,32-33H,5,8-9,12-13,20,23-25H2,1-3H3,(H,36,39)/t33-/m1/s1. The number of hydrogen-bond donors (Lipinski definition) is 1. The highest BCUT2D eigenvalue weighted by molar-refractivity contribution is 5.88. The van der Waals surface area contributed by atoms with Crippen LogP contribution >= 0.6 is 0 Å². The molecule has 1 aliphatic rings. The third-order valence-corrected chi connectivity index (χ3v) is 7.97. The van der Waals surface area contributed by atoms with Gasteiger partial charge in [-0.3, -0.25) is 9.59 Å². The van der Waals surface area contributed by atoms with E-state index in [0.717, 1.165) is 42.4 Å². The molecule has 3 aromatic rings. The van der Waals surface area contributed by atoms with Crippen LogP contribution in [0.3, 0.4) is 0 Å². The Kier molecular flexibility index (Phi) is 10.4. The minimum atomic E-state index is -0.563. The minimum Gasteiger partial charge on any atom is -0.352 e. The predicted octanol–water partition coefficient (Wildman–Crippen LogP) is 7.14. The average molecular weight is 525 g/mol. The Balaban J connectivity index is 1.58. The van der Waals surface area contributed by atoms with Crippen LogP contribution in [0.5, 0.6) is 0 Å². The lowest BCUT2D eigenvalue weighted by Gasteiger charge is -2.33. The summed E-state index contributed by atoms with van der Waals surface area (Å²) >= 11 is 0. The van der Waals surface area contributed by atoms with E-state index in [1.54, 1.807) is 0 Å². The van der Waals surface area contributed by atoms with Crippen molar-refractivity contribution >= 4 is 11.8 Å².